The van der Waals surface area contributed by atoms with Crippen LogP contribution in [-0.2, 0) is 4.79 Å². The van der Waals surface area contributed by atoms with Gasteiger partial charge in [-0.1, -0.05) is 41.4 Å². The van der Waals surface area contributed by atoms with E-state index in [0.717, 1.165) is 11.3 Å². The van der Waals surface area contributed by atoms with Gasteiger partial charge in [0.1, 0.15) is 11.6 Å². The number of nitrogens with one attached hydrogen (secondary N) is 2. The molecule has 0 fully saturated rings. The summed E-state index contributed by atoms with van der Waals surface area (Å²) in [7, 11) is 0. The third kappa shape index (κ3) is 4.49. The maximum atomic E-state index is 12.2. The van der Waals surface area contributed by atoms with E-state index in [9.17, 15) is 4.79 Å². The SMILES string of the molecule is Cc1ccccc1N/C=C(/C#N)C(=O)Nc1ccc(Cl)cc1Cl. The highest BCUT2D eigenvalue weighted by atomic mass is 35.5. The van der Waals surface area contributed by atoms with Crippen molar-refractivity contribution >= 4 is 40.5 Å². The molecule has 0 aromatic heterocycles. The van der Waals surface area contributed by atoms with Gasteiger partial charge >= 0.3 is 0 Å². The third-order valence-electron chi connectivity index (χ3n) is 3.06. The molecule has 0 unspecified atom stereocenters. The molecule has 0 radical (unpaired) electrons. The molecule has 0 atom stereocenters. The van der Waals surface area contributed by atoms with Gasteiger partial charge in [-0.05, 0) is 36.8 Å². The molecule has 6 heteroatoms. The Morgan fingerprint density at radius 2 is 1.91 bits per heavy atom. The van der Waals surface area contributed by atoms with Crippen LogP contribution in [0.1, 0.15) is 5.56 Å². The molecule has 0 aliphatic rings. The number of amides is 1. The minimum atomic E-state index is -0.558. The molecule has 116 valence electrons. The summed E-state index contributed by atoms with van der Waals surface area (Å²) < 4.78 is 0. The predicted molar refractivity (Wildman–Crippen MR) is 93.6 cm³/mol. The summed E-state index contributed by atoms with van der Waals surface area (Å²) in [5.74, 6) is -0.558. The van der Waals surface area contributed by atoms with Gasteiger partial charge in [-0.15, -0.1) is 0 Å². The van der Waals surface area contributed by atoms with Crippen LogP contribution in [0.25, 0.3) is 0 Å². The molecule has 0 aliphatic heterocycles. The molecule has 4 nitrogen and oxygen atoms in total. The Morgan fingerprint density at radius 1 is 1.17 bits per heavy atom. The minimum Gasteiger partial charge on any atom is -0.360 e. The number of hydrogen-bond acceptors (Lipinski definition) is 3. The minimum absolute atomic E-state index is 0.0701. The van der Waals surface area contributed by atoms with Crippen LogP contribution in [0.15, 0.2) is 54.2 Å². The topological polar surface area (TPSA) is 64.9 Å². The summed E-state index contributed by atoms with van der Waals surface area (Å²) in [6.45, 7) is 1.93. The van der Waals surface area contributed by atoms with Gasteiger partial charge in [-0.2, -0.15) is 5.26 Å². The molecule has 23 heavy (non-hydrogen) atoms. The van der Waals surface area contributed by atoms with E-state index in [1.54, 1.807) is 12.1 Å². The van der Waals surface area contributed by atoms with E-state index in [4.69, 9.17) is 28.5 Å². The number of hydrogen-bond donors (Lipinski definition) is 2. The first-order valence-electron chi connectivity index (χ1n) is 6.70. The molecule has 0 heterocycles. The highest BCUT2D eigenvalue weighted by molar-refractivity contribution is 6.36. The Kier molecular flexibility index (Phi) is 5.64. The lowest BCUT2D eigenvalue weighted by Gasteiger charge is -2.08. The van der Waals surface area contributed by atoms with Gasteiger partial charge in [0.25, 0.3) is 5.91 Å². The fourth-order valence-corrected chi connectivity index (χ4v) is 2.27. The van der Waals surface area contributed by atoms with E-state index >= 15 is 0 Å². The number of rotatable bonds is 4. The molecule has 0 aliphatic carbocycles. The Morgan fingerprint density at radius 3 is 2.57 bits per heavy atom. The molecular weight excluding hydrogens is 333 g/mol. The molecule has 1 amide bonds. The van der Waals surface area contributed by atoms with Crippen molar-refractivity contribution in [3.05, 3.63) is 69.8 Å². The number of carbonyl (C=O) groups excluding carboxylic acids is 1. The molecule has 0 spiro atoms. The van der Waals surface area contributed by atoms with Crippen molar-refractivity contribution in [1.29, 1.82) is 5.26 Å². The maximum Gasteiger partial charge on any atom is 0.267 e. The summed E-state index contributed by atoms with van der Waals surface area (Å²) in [5.41, 5.74) is 2.14. The maximum absolute atomic E-state index is 12.2. The second-order valence-corrected chi connectivity index (χ2v) is 5.55. The van der Waals surface area contributed by atoms with Crippen LogP contribution in [0.3, 0.4) is 0 Å². The van der Waals surface area contributed by atoms with E-state index in [1.807, 2.05) is 37.3 Å². The van der Waals surface area contributed by atoms with Gasteiger partial charge in [0.15, 0.2) is 0 Å². The Hall–Kier alpha value is -2.48. The zero-order chi connectivity index (χ0) is 16.8. The van der Waals surface area contributed by atoms with Crippen LogP contribution in [0.5, 0.6) is 0 Å². The fraction of sp³-hybridized carbons (Fsp3) is 0.0588. The number of nitriles is 1. The average Bonchev–Trinajstić information content (AvgIpc) is 2.52. The van der Waals surface area contributed by atoms with Gasteiger partial charge in [0.2, 0.25) is 0 Å². The summed E-state index contributed by atoms with van der Waals surface area (Å²) in [6, 6.07) is 14.1. The second kappa shape index (κ2) is 7.68. The highest BCUT2D eigenvalue weighted by Crippen LogP contribution is 2.25. The van der Waals surface area contributed by atoms with Gasteiger partial charge in [-0.25, -0.2) is 0 Å². The summed E-state index contributed by atoms with van der Waals surface area (Å²) in [6.07, 6.45) is 1.36. The number of halogens is 2. The Bertz CT molecular complexity index is 810. The van der Waals surface area contributed by atoms with Gasteiger partial charge in [0, 0.05) is 16.9 Å². The first kappa shape index (κ1) is 16.9. The van der Waals surface area contributed by atoms with E-state index in [0.29, 0.717) is 15.7 Å². The van der Waals surface area contributed by atoms with E-state index in [-0.39, 0.29) is 5.57 Å². The van der Waals surface area contributed by atoms with Crippen LogP contribution in [0.2, 0.25) is 10.0 Å². The average molecular weight is 346 g/mol. The lowest BCUT2D eigenvalue weighted by atomic mass is 10.2. The first-order chi connectivity index (χ1) is 11.0. The molecule has 2 rings (SSSR count). The smallest absolute Gasteiger partial charge is 0.267 e. The van der Waals surface area contributed by atoms with Crippen molar-refractivity contribution in [2.24, 2.45) is 0 Å². The fourth-order valence-electron chi connectivity index (χ4n) is 1.81. The molecule has 0 saturated carbocycles. The molecule has 0 bridgehead atoms. The third-order valence-corrected chi connectivity index (χ3v) is 3.61. The molecule has 2 N–H and O–H groups in total. The van der Waals surface area contributed by atoms with E-state index in [1.165, 1.54) is 12.3 Å². The molecular formula is C17H13Cl2N3O. The van der Waals surface area contributed by atoms with Crippen molar-refractivity contribution in [3.63, 3.8) is 0 Å². The van der Waals surface area contributed by atoms with Crippen molar-refractivity contribution in [3.8, 4) is 6.07 Å². The lowest BCUT2D eigenvalue weighted by Crippen LogP contribution is -2.15. The molecule has 2 aromatic carbocycles. The summed E-state index contributed by atoms with van der Waals surface area (Å²) in [4.78, 5) is 12.2. The van der Waals surface area contributed by atoms with Gasteiger partial charge in [0.05, 0.1) is 10.7 Å². The highest BCUT2D eigenvalue weighted by Gasteiger charge is 2.11. The van der Waals surface area contributed by atoms with Crippen LogP contribution in [-0.4, -0.2) is 5.91 Å². The lowest BCUT2D eigenvalue weighted by molar-refractivity contribution is -0.112. The quantitative estimate of drug-likeness (QED) is 0.620. The van der Waals surface area contributed by atoms with Crippen molar-refractivity contribution < 1.29 is 4.79 Å². The molecule has 2 aromatic rings. The van der Waals surface area contributed by atoms with Gasteiger partial charge in [-0.3, -0.25) is 4.79 Å². The summed E-state index contributed by atoms with van der Waals surface area (Å²) in [5, 5.41) is 15.5. The Balaban J connectivity index is 2.14. The van der Waals surface area contributed by atoms with Crippen LogP contribution in [0.4, 0.5) is 11.4 Å². The van der Waals surface area contributed by atoms with Crippen molar-refractivity contribution in [1.82, 2.24) is 0 Å². The van der Waals surface area contributed by atoms with Crippen molar-refractivity contribution in [2.45, 2.75) is 6.92 Å². The summed E-state index contributed by atoms with van der Waals surface area (Å²) >= 11 is 11.8. The number of aryl methyl sites for hydroxylation is 1. The number of anilines is 2. The molecule has 0 saturated heterocycles. The number of benzene rings is 2. The normalized spacial score (nSPS) is 10.8. The zero-order valence-electron chi connectivity index (χ0n) is 12.2. The first-order valence-corrected chi connectivity index (χ1v) is 7.45. The monoisotopic (exact) mass is 345 g/mol. The second-order valence-electron chi connectivity index (χ2n) is 4.71. The van der Waals surface area contributed by atoms with Crippen molar-refractivity contribution in [2.75, 3.05) is 10.6 Å². The van der Waals surface area contributed by atoms with Crippen LogP contribution >= 0.6 is 23.2 Å². The van der Waals surface area contributed by atoms with E-state index < -0.39 is 5.91 Å². The number of nitrogens with zero attached hydrogens (tertiary/aromatic N) is 1. The largest absolute Gasteiger partial charge is 0.360 e. The van der Waals surface area contributed by atoms with Crippen LogP contribution < -0.4 is 10.6 Å². The zero-order valence-corrected chi connectivity index (χ0v) is 13.7. The number of carbonyl (C=O) groups is 1. The predicted octanol–water partition coefficient (Wildman–Crippen LogP) is 4.76. The number of para-hydroxylation sites is 1. The standard InChI is InChI=1S/C17H13Cl2N3O/c1-11-4-2-3-5-15(11)21-10-12(9-20)17(23)22-16-7-6-13(18)8-14(16)19/h2-8,10,21H,1H3,(H,22,23)/b12-10-. The van der Waals surface area contributed by atoms with Crippen LogP contribution in [0, 0.1) is 18.3 Å². The Labute approximate surface area is 144 Å². The van der Waals surface area contributed by atoms with E-state index in [2.05, 4.69) is 10.6 Å². The van der Waals surface area contributed by atoms with Gasteiger partial charge < -0.3 is 10.6 Å².